The molecule has 0 aliphatic carbocycles. The molecule has 9 heteroatoms. The number of carboxylic acid groups (broad SMARTS) is 1. The van der Waals surface area contributed by atoms with Gasteiger partial charge in [0, 0.05) is 12.8 Å². The first-order valence-corrected chi connectivity index (χ1v) is 34.3. The highest BCUT2D eigenvalue weighted by Gasteiger charge is 2.25. The number of hydrogen-bond acceptors (Lipinski definition) is 7. The Bertz CT molecular complexity index is 1860. The van der Waals surface area contributed by atoms with Crippen molar-refractivity contribution in [3.63, 3.8) is 0 Å². The van der Waals surface area contributed by atoms with E-state index in [1.807, 2.05) is 21.1 Å². The average Bonchev–Trinajstić information content (AvgIpc) is 3.49. The van der Waals surface area contributed by atoms with E-state index < -0.39 is 24.3 Å². The Morgan fingerprint density at radius 3 is 0.941 bits per heavy atom. The molecule has 0 amide bonds. The number of carbonyl (C=O) groups is 3. The van der Waals surface area contributed by atoms with E-state index in [9.17, 15) is 19.5 Å². The van der Waals surface area contributed by atoms with Crippen molar-refractivity contribution in [1.82, 2.24) is 0 Å². The largest absolute Gasteiger partial charge is 0.477 e. The highest BCUT2D eigenvalue weighted by Crippen LogP contribution is 2.17. The smallest absolute Gasteiger partial charge is 0.361 e. The van der Waals surface area contributed by atoms with Gasteiger partial charge in [-0.25, -0.2) is 4.79 Å². The SMILES string of the molecule is CC/C=C\C/C=C\C/C=C\C/C=C\C/C=C\C/C=C\CCCCCCCCCCCCCCC(=O)OC(COC(=O)CCCCCCCCCCCCCCC/C=C\C/C=C\C/C=C\C/C=C\C/C=C\CC)COC(OCC[N+](C)(C)C)C(=O)O. The molecule has 0 spiro atoms. The van der Waals surface area contributed by atoms with Crippen molar-refractivity contribution < 1.29 is 42.9 Å². The summed E-state index contributed by atoms with van der Waals surface area (Å²) in [6.45, 7) is 4.65. The van der Waals surface area contributed by atoms with Crippen LogP contribution in [-0.4, -0.2) is 87.4 Å². The lowest BCUT2D eigenvalue weighted by atomic mass is 10.0. The van der Waals surface area contributed by atoms with E-state index in [2.05, 4.69) is 148 Å². The van der Waals surface area contributed by atoms with Crippen molar-refractivity contribution in [3.8, 4) is 0 Å². The molecule has 2 atom stereocenters. The zero-order chi connectivity index (χ0) is 61.9. The third kappa shape index (κ3) is 66.8. The number of carbonyl (C=O) groups excluding carboxylic acids is 2. The van der Waals surface area contributed by atoms with Gasteiger partial charge in [0.05, 0.1) is 34.4 Å². The van der Waals surface area contributed by atoms with E-state index in [1.165, 1.54) is 128 Å². The van der Waals surface area contributed by atoms with Gasteiger partial charge >= 0.3 is 17.9 Å². The van der Waals surface area contributed by atoms with E-state index in [0.717, 1.165) is 109 Å². The number of esters is 2. The predicted octanol–water partition coefficient (Wildman–Crippen LogP) is 21.4. The second kappa shape index (κ2) is 65.4. The maximum Gasteiger partial charge on any atom is 0.361 e. The topological polar surface area (TPSA) is 108 Å². The number of hydrogen-bond donors (Lipinski definition) is 1. The second-order valence-electron chi connectivity index (χ2n) is 23.7. The summed E-state index contributed by atoms with van der Waals surface area (Å²) >= 11 is 0. The molecule has 0 bridgehead atoms. The molecule has 0 aromatic heterocycles. The molecule has 0 aliphatic heterocycles. The minimum absolute atomic E-state index is 0.182. The Kier molecular flexibility index (Phi) is 61.9. The second-order valence-corrected chi connectivity index (χ2v) is 23.7. The summed E-state index contributed by atoms with van der Waals surface area (Å²) in [6, 6.07) is 0. The van der Waals surface area contributed by atoms with E-state index in [4.69, 9.17) is 18.9 Å². The van der Waals surface area contributed by atoms with Crippen LogP contribution in [0.5, 0.6) is 0 Å². The van der Waals surface area contributed by atoms with Crippen LogP contribution in [0, 0.1) is 0 Å². The van der Waals surface area contributed by atoms with Crippen molar-refractivity contribution in [2.45, 2.75) is 283 Å². The van der Waals surface area contributed by atoms with Gasteiger partial charge < -0.3 is 28.5 Å². The van der Waals surface area contributed by atoms with Crippen LogP contribution in [0.4, 0.5) is 0 Å². The summed E-state index contributed by atoms with van der Waals surface area (Å²) in [6.07, 6.45) is 91.2. The van der Waals surface area contributed by atoms with Gasteiger partial charge in [-0.2, -0.15) is 0 Å². The van der Waals surface area contributed by atoms with Crippen LogP contribution >= 0.6 is 0 Å². The molecule has 0 aromatic rings. The normalized spacial score (nSPS) is 13.6. The third-order valence-electron chi connectivity index (χ3n) is 14.4. The molecule has 0 rings (SSSR count). The zero-order valence-corrected chi connectivity index (χ0v) is 55.2. The summed E-state index contributed by atoms with van der Waals surface area (Å²) in [7, 11) is 5.97. The number of carboxylic acids is 1. The van der Waals surface area contributed by atoms with Crippen LogP contribution < -0.4 is 0 Å². The van der Waals surface area contributed by atoms with Crippen LogP contribution in [0.1, 0.15) is 271 Å². The van der Waals surface area contributed by atoms with Crippen LogP contribution in [0.15, 0.2) is 134 Å². The number of likely N-dealkylation sites (N-methyl/N-ethyl adjacent to an activating group) is 1. The molecule has 0 fully saturated rings. The van der Waals surface area contributed by atoms with Crippen LogP contribution in [0.25, 0.3) is 0 Å². The first kappa shape index (κ1) is 80.4. The molecule has 0 aliphatic rings. The highest BCUT2D eigenvalue weighted by molar-refractivity contribution is 5.71. The molecular formula is C76H128NO8+. The fourth-order valence-electron chi connectivity index (χ4n) is 9.22. The van der Waals surface area contributed by atoms with E-state index in [0.29, 0.717) is 23.9 Å². The van der Waals surface area contributed by atoms with Crippen LogP contribution in [-0.2, 0) is 33.3 Å². The molecule has 85 heavy (non-hydrogen) atoms. The van der Waals surface area contributed by atoms with Gasteiger partial charge in [-0.05, 0) is 109 Å². The molecule has 0 heterocycles. The Labute approximate surface area is 522 Å². The Balaban J connectivity index is 4.16. The summed E-state index contributed by atoms with van der Waals surface area (Å²) in [4.78, 5) is 37.6. The molecule has 484 valence electrons. The van der Waals surface area contributed by atoms with Crippen LogP contribution in [0.2, 0.25) is 0 Å². The minimum Gasteiger partial charge on any atom is -0.477 e. The first-order chi connectivity index (χ1) is 41.6. The molecule has 0 radical (unpaired) electrons. The quantitative estimate of drug-likeness (QED) is 0.0211. The van der Waals surface area contributed by atoms with E-state index in [-0.39, 0.29) is 32.2 Å². The number of quaternary nitrogens is 1. The predicted molar refractivity (Wildman–Crippen MR) is 364 cm³/mol. The zero-order valence-electron chi connectivity index (χ0n) is 55.2. The Morgan fingerprint density at radius 2 is 0.635 bits per heavy atom. The summed E-state index contributed by atoms with van der Waals surface area (Å²) in [5.74, 6) is -2.01. The fraction of sp³-hybridized carbons (Fsp3) is 0.671. The maximum atomic E-state index is 12.9. The average molecular weight is 1180 g/mol. The van der Waals surface area contributed by atoms with Gasteiger partial charge in [0.2, 0.25) is 0 Å². The van der Waals surface area contributed by atoms with Crippen molar-refractivity contribution in [2.24, 2.45) is 0 Å². The monoisotopic (exact) mass is 1180 g/mol. The van der Waals surface area contributed by atoms with Gasteiger partial charge in [0.1, 0.15) is 13.2 Å². The molecule has 0 aromatic carbocycles. The lowest BCUT2D eigenvalue weighted by Gasteiger charge is -2.25. The number of ether oxygens (including phenoxy) is 4. The summed E-state index contributed by atoms with van der Waals surface area (Å²) in [5, 5.41) is 9.75. The van der Waals surface area contributed by atoms with Crippen molar-refractivity contribution in [2.75, 3.05) is 47.5 Å². The van der Waals surface area contributed by atoms with Crippen molar-refractivity contribution in [3.05, 3.63) is 134 Å². The highest BCUT2D eigenvalue weighted by atomic mass is 16.7. The molecule has 0 saturated heterocycles. The number of unbranched alkanes of at least 4 members (excludes halogenated alkanes) is 25. The van der Waals surface area contributed by atoms with Crippen LogP contribution in [0.3, 0.4) is 0 Å². The van der Waals surface area contributed by atoms with Crippen molar-refractivity contribution in [1.29, 1.82) is 0 Å². The van der Waals surface area contributed by atoms with Gasteiger partial charge in [-0.1, -0.05) is 282 Å². The Hall–Kier alpha value is -4.57. The molecule has 2 unspecified atom stereocenters. The molecule has 0 saturated carbocycles. The van der Waals surface area contributed by atoms with Crippen molar-refractivity contribution >= 4 is 17.9 Å². The minimum atomic E-state index is -1.52. The Morgan fingerprint density at radius 1 is 0.353 bits per heavy atom. The number of rotatable bonds is 62. The lowest BCUT2D eigenvalue weighted by molar-refractivity contribution is -0.870. The standard InChI is InChI=1S/C76H127NO8/c1-6-8-10-12-14-16-18-20-22-24-26-28-30-32-34-36-37-39-41-43-45-47-49-51-53-55-57-59-61-63-65-67-74(79)85-72(71-84-76(75(80)81)82-69-68-77(3,4)5)70-83-73(78)66-64-62-60-58-56-54-52-50-48-46-44-42-40-38-35-33-31-29-27-25-23-21-19-17-15-13-11-9-7-2/h8-11,14-17,20-23,26-29,32-35,37,39,72,76H,6-7,12-13,18-19,24-25,30-31,36,38,40-71H2,1-5H3/p+1/b10-8-,11-9-,16-14-,17-15-,22-20-,23-21-,28-26-,29-27-,34-32-,35-33-,39-37-. The number of allylic oxidation sites excluding steroid dienone is 22. The van der Waals surface area contributed by atoms with E-state index >= 15 is 0 Å². The number of aliphatic carboxylic acids is 1. The van der Waals surface area contributed by atoms with Gasteiger partial charge in [0.15, 0.2) is 6.10 Å². The van der Waals surface area contributed by atoms with E-state index in [1.54, 1.807) is 0 Å². The van der Waals surface area contributed by atoms with Gasteiger partial charge in [-0.15, -0.1) is 0 Å². The maximum absolute atomic E-state index is 12.9. The molecule has 1 N–H and O–H groups in total. The van der Waals surface area contributed by atoms with Gasteiger partial charge in [0.25, 0.3) is 6.29 Å². The lowest BCUT2D eigenvalue weighted by Crippen LogP contribution is -2.40. The van der Waals surface area contributed by atoms with Gasteiger partial charge in [-0.3, -0.25) is 9.59 Å². The fourth-order valence-corrected chi connectivity index (χ4v) is 9.22. The molecular weight excluding hydrogens is 1050 g/mol. The molecule has 9 nitrogen and oxygen atoms in total. The number of nitrogens with zero attached hydrogens (tertiary/aromatic N) is 1. The first-order valence-electron chi connectivity index (χ1n) is 34.3. The summed E-state index contributed by atoms with van der Waals surface area (Å²) in [5.41, 5.74) is 0. The third-order valence-corrected chi connectivity index (χ3v) is 14.4. The summed E-state index contributed by atoms with van der Waals surface area (Å²) < 4.78 is 23.0.